The average molecular weight is 383 g/mol. The zero-order chi connectivity index (χ0) is 19.8. The van der Waals surface area contributed by atoms with Crippen LogP contribution in [-0.2, 0) is 9.53 Å². The summed E-state index contributed by atoms with van der Waals surface area (Å²) in [7, 11) is 0. The highest BCUT2D eigenvalue weighted by molar-refractivity contribution is 8.00. The summed E-state index contributed by atoms with van der Waals surface area (Å²) >= 11 is 1.54. The maximum Gasteiger partial charge on any atom is 0.320 e. The number of carbonyl (C=O) groups excluding carboxylic acids is 1. The molecule has 0 fully saturated rings. The quantitative estimate of drug-likeness (QED) is 0.287. The van der Waals surface area contributed by atoms with Crippen molar-refractivity contribution in [3.05, 3.63) is 78.9 Å². The summed E-state index contributed by atoms with van der Waals surface area (Å²) in [5, 5.41) is -0.382. The first kappa shape index (κ1) is 21.3. The minimum atomic E-state index is -0.382. The minimum absolute atomic E-state index is 0.0994. The lowest BCUT2D eigenvalue weighted by atomic mass is 9.94. The second kappa shape index (κ2) is 10.4. The summed E-state index contributed by atoms with van der Waals surface area (Å²) in [5.74, 6) is 0.249. The van der Waals surface area contributed by atoms with Crippen LogP contribution in [0.2, 0.25) is 0 Å². The number of allylic oxidation sites excluding steroid dienone is 1. The Kier molecular flexibility index (Phi) is 8.18. The third-order valence-electron chi connectivity index (χ3n) is 4.57. The molecule has 0 aliphatic heterocycles. The summed E-state index contributed by atoms with van der Waals surface area (Å²) in [5.41, 5.74) is 1.07. The number of rotatable bonds is 9. The summed E-state index contributed by atoms with van der Waals surface area (Å²) in [6, 6.07) is 20.1. The van der Waals surface area contributed by atoms with Gasteiger partial charge in [0.15, 0.2) is 0 Å². The average Bonchev–Trinajstić information content (AvgIpc) is 2.67. The van der Waals surface area contributed by atoms with Gasteiger partial charge in [-0.3, -0.25) is 4.79 Å². The normalized spacial score (nSPS) is 13.6. The molecule has 144 valence electrons. The van der Waals surface area contributed by atoms with E-state index in [1.807, 2.05) is 66.7 Å². The lowest BCUT2D eigenvalue weighted by molar-refractivity contribution is -0.153. The first-order valence-electron chi connectivity index (χ1n) is 9.53. The second-order valence-corrected chi connectivity index (χ2v) is 8.63. The van der Waals surface area contributed by atoms with E-state index in [1.165, 1.54) is 0 Å². The third-order valence-corrected chi connectivity index (χ3v) is 5.85. The molecule has 0 aliphatic carbocycles. The fourth-order valence-corrected chi connectivity index (χ4v) is 4.44. The highest BCUT2D eigenvalue weighted by atomic mass is 32.2. The number of esters is 1. The van der Waals surface area contributed by atoms with Crippen LogP contribution < -0.4 is 0 Å². The zero-order valence-electron chi connectivity index (χ0n) is 16.7. The fraction of sp³-hybridized carbons (Fsp3) is 0.375. The largest absolute Gasteiger partial charge is 0.461 e. The highest BCUT2D eigenvalue weighted by Gasteiger charge is 2.33. The lowest BCUT2D eigenvalue weighted by Gasteiger charge is -2.29. The molecule has 0 spiro atoms. The monoisotopic (exact) mass is 382 g/mol. The standard InChI is InChI=1S/C24H30O2S/c1-6-21(19-13-9-7-10-14-19)23(27-20-15-11-8-12-16-20)24(25)26-22(17(2)3)18(4)5/h6-18,21-23H,1H2,2-5H3/t21-,23+/m1/s1. The Balaban J connectivity index is 2.33. The van der Waals surface area contributed by atoms with Crippen molar-refractivity contribution in [3.8, 4) is 0 Å². The molecule has 2 rings (SSSR count). The number of hydrogen-bond donors (Lipinski definition) is 0. The molecular weight excluding hydrogens is 352 g/mol. The SMILES string of the molecule is C=C[C@H](c1ccccc1)[C@H](Sc1ccccc1)C(=O)OC(C(C)C)C(C)C. The first-order chi connectivity index (χ1) is 12.9. The van der Waals surface area contributed by atoms with Gasteiger partial charge in [0.05, 0.1) is 0 Å². The van der Waals surface area contributed by atoms with E-state index in [0.29, 0.717) is 0 Å². The maximum atomic E-state index is 13.2. The van der Waals surface area contributed by atoms with E-state index in [0.717, 1.165) is 10.5 Å². The Morgan fingerprint density at radius 2 is 1.44 bits per heavy atom. The van der Waals surface area contributed by atoms with Crippen molar-refractivity contribution in [1.82, 2.24) is 0 Å². The van der Waals surface area contributed by atoms with Crippen LogP contribution in [0, 0.1) is 11.8 Å². The number of benzene rings is 2. The zero-order valence-corrected chi connectivity index (χ0v) is 17.5. The summed E-state index contributed by atoms with van der Waals surface area (Å²) in [6.07, 6.45) is 1.76. The van der Waals surface area contributed by atoms with E-state index in [1.54, 1.807) is 11.8 Å². The minimum Gasteiger partial charge on any atom is -0.461 e. The first-order valence-corrected chi connectivity index (χ1v) is 10.4. The predicted octanol–water partition coefficient (Wildman–Crippen LogP) is 6.34. The molecule has 2 aromatic carbocycles. The van der Waals surface area contributed by atoms with Crippen LogP contribution in [0.15, 0.2) is 78.2 Å². The van der Waals surface area contributed by atoms with E-state index >= 15 is 0 Å². The summed E-state index contributed by atoms with van der Waals surface area (Å²) in [4.78, 5) is 14.3. The molecule has 2 aromatic rings. The fourth-order valence-electron chi connectivity index (χ4n) is 3.27. The van der Waals surface area contributed by atoms with Crippen LogP contribution in [-0.4, -0.2) is 17.3 Å². The van der Waals surface area contributed by atoms with Gasteiger partial charge < -0.3 is 4.74 Å². The molecule has 0 amide bonds. The Labute approximate surface area is 168 Å². The molecule has 0 bridgehead atoms. The van der Waals surface area contributed by atoms with Crippen LogP contribution in [0.25, 0.3) is 0 Å². The van der Waals surface area contributed by atoms with Gasteiger partial charge in [0.2, 0.25) is 0 Å². The number of carbonyl (C=O) groups is 1. The van der Waals surface area contributed by atoms with Gasteiger partial charge in [-0.25, -0.2) is 0 Å². The summed E-state index contributed by atoms with van der Waals surface area (Å²) in [6.45, 7) is 12.4. The van der Waals surface area contributed by atoms with Gasteiger partial charge in [0.1, 0.15) is 11.4 Å². The van der Waals surface area contributed by atoms with Crippen LogP contribution in [0.5, 0.6) is 0 Å². The molecule has 0 aliphatic rings. The van der Waals surface area contributed by atoms with Gasteiger partial charge in [-0.1, -0.05) is 82.3 Å². The van der Waals surface area contributed by atoms with Gasteiger partial charge in [-0.05, 0) is 29.5 Å². The van der Waals surface area contributed by atoms with E-state index in [4.69, 9.17) is 4.74 Å². The van der Waals surface area contributed by atoms with Crippen molar-refractivity contribution in [1.29, 1.82) is 0 Å². The number of ether oxygens (including phenoxy) is 1. The van der Waals surface area contributed by atoms with Gasteiger partial charge >= 0.3 is 5.97 Å². The summed E-state index contributed by atoms with van der Waals surface area (Å²) < 4.78 is 6.00. The molecule has 0 radical (unpaired) electrons. The van der Waals surface area contributed by atoms with Crippen LogP contribution >= 0.6 is 11.8 Å². The van der Waals surface area contributed by atoms with Gasteiger partial charge in [-0.2, -0.15) is 0 Å². The van der Waals surface area contributed by atoms with Crippen molar-refractivity contribution in [2.45, 2.75) is 49.9 Å². The van der Waals surface area contributed by atoms with Crippen molar-refractivity contribution < 1.29 is 9.53 Å². The van der Waals surface area contributed by atoms with E-state index < -0.39 is 0 Å². The van der Waals surface area contributed by atoms with Gasteiger partial charge in [-0.15, -0.1) is 18.3 Å². The van der Waals surface area contributed by atoms with Gasteiger partial charge in [0.25, 0.3) is 0 Å². The highest BCUT2D eigenvalue weighted by Crippen LogP contribution is 2.36. The van der Waals surface area contributed by atoms with Crippen LogP contribution in [0.4, 0.5) is 0 Å². The molecule has 0 N–H and O–H groups in total. The van der Waals surface area contributed by atoms with Gasteiger partial charge in [0, 0.05) is 10.8 Å². The van der Waals surface area contributed by atoms with Crippen molar-refractivity contribution >= 4 is 17.7 Å². The molecular formula is C24H30O2S. The molecule has 0 unspecified atom stereocenters. The third kappa shape index (κ3) is 6.00. The predicted molar refractivity (Wildman–Crippen MR) is 115 cm³/mol. The smallest absolute Gasteiger partial charge is 0.320 e. The van der Waals surface area contributed by atoms with Crippen molar-refractivity contribution in [3.63, 3.8) is 0 Å². The molecule has 0 saturated carbocycles. The molecule has 3 heteroatoms. The molecule has 2 nitrogen and oxygen atoms in total. The molecule has 0 saturated heterocycles. The van der Waals surface area contributed by atoms with Crippen molar-refractivity contribution in [2.24, 2.45) is 11.8 Å². The van der Waals surface area contributed by atoms with E-state index in [-0.39, 0.29) is 35.1 Å². The Morgan fingerprint density at radius 3 is 1.93 bits per heavy atom. The molecule has 27 heavy (non-hydrogen) atoms. The van der Waals surface area contributed by atoms with E-state index in [2.05, 4.69) is 34.3 Å². The topological polar surface area (TPSA) is 26.3 Å². The second-order valence-electron chi connectivity index (χ2n) is 7.41. The maximum absolute atomic E-state index is 13.2. The van der Waals surface area contributed by atoms with E-state index in [9.17, 15) is 4.79 Å². The van der Waals surface area contributed by atoms with Crippen LogP contribution in [0.1, 0.15) is 39.2 Å². The number of thioether (sulfide) groups is 1. The molecule has 0 aromatic heterocycles. The Bertz CT molecular complexity index is 702. The lowest BCUT2D eigenvalue weighted by Crippen LogP contribution is -2.35. The van der Waals surface area contributed by atoms with Crippen LogP contribution in [0.3, 0.4) is 0 Å². The Hall–Kier alpha value is -2.00. The Morgan fingerprint density at radius 1 is 0.926 bits per heavy atom. The van der Waals surface area contributed by atoms with Crippen molar-refractivity contribution in [2.75, 3.05) is 0 Å². The number of hydrogen-bond acceptors (Lipinski definition) is 3. The molecule has 2 atom stereocenters. The molecule has 0 heterocycles.